The van der Waals surface area contributed by atoms with Crippen molar-refractivity contribution < 1.29 is 4.39 Å². The molecule has 3 nitrogen and oxygen atoms in total. The number of benzene rings is 1. The van der Waals surface area contributed by atoms with E-state index < -0.39 is 0 Å². The zero-order valence-electron chi connectivity index (χ0n) is 11.5. The van der Waals surface area contributed by atoms with Crippen LogP contribution in [0.15, 0.2) is 18.2 Å². The maximum Gasteiger partial charge on any atom is 0.124 e. The molecule has 1 unspecified atom stereocenters. The van der Waals surface area contributed by atoms with E-state index in [9.17, 15) is 4.39 Å². The van der Waals surface area contributed by atoms with E-state index in [1.807, 2.05) is 6.07 Å². The highest BCUT2D eigenvalue weighted by atomic mass is 19.1. The van der Waals surface area contributed by atoms with E-state index in [2.05, 4.69) is 11.8 Å². The van der Waals surface area contributed by atoms with Crippen LogP contribution >= 0.6 is 0 Å². The summed E-state index contributed by atoms with van der Waals surface area (Å²) in [5, 5.41) is 7.41. The molecular weight excluding hydrogens is 241 g/mol. The second-order valence-electron chi connectivity index (χ2n) is 5.57. The van der Waals surface area contributed by atoms with Gasteiger partial charge in [0, 0.05) is 12.1 Å². The lowest BCUT2D eigenvalue weighted by atomic mass is 10.0. The van der Waals surface area contributed by atoms with Crippen molar-refractivity contribution >= 4 is 5.84 Å². The minimum atomic E-state index is -0.314. The summed E-state index contributed by atoms with van der Waals surface area (Å²) < 4.78 is 13.5. The average Bonchev–Trinajstić information content (AvgIpc) is 2.54. The summed E-state index contributed by atoms with van der Waals surface area (Å²) in [5.74, 6) is 0.390. The molecule has 1 aromatic carbocycles. The molecule has 0 bridgehead atoms. The predicted octanol–water partition coefficient (Wildman–Crippen LogP) is 2.73. The van der Waals surface area contributed by atoms with Gasteiger partial charge < -0.3 is 5.73 Å². The Hall–Kier alpha value is -1.42. The first-order valence-electron chi connectivity index (χ1n) is 6.91. The maximum absolute atomic E-state index is 13.5. The smallest absolute Gasteiger partial charge is 0.124 e. The van der Waals surface area contributed by atoms with Gasteiger partial charge >= 0.3 is 0 Å². The van der Waals surface area contributed by atoms with Crippen LogP contribution in [0, 0.1) is 17.1 Å². The topological polar surface area (TPSA) is 53.1 Å². The molecule has 1 heterocycles. The van der Waals surface area contributed by atoms with Crippen molar-refractivity contribution in [3.8, 4) is 0 Å². The normalized spacial score (nSPS) is 21.1. The van der Waals surface area contributed by atoms with E-state index in [1.54, 1.807) is 6.07 Å². The molecule has 1 aromatic rings. The first-order valence-corrected chi connectivity index (χ1v) is 6.91. The molecule has 0 amide bonds. The van der Waals surface area contributed by atoms with Crippen molar-refractivity contribution in [2.45, 2.75) is 32.7 Å². The van der Waals surface area contributed by atoms with Crippen molar-refractivity contribution in [2.75, 3.05) is 13.1 Å². The van der Waals surface area contributed by atoms with Crippen molar-refractivity contribution in [1.82, 2.24) is 4.90 Å². The van der Waals surface area contributed by atoms with Gasteiger partial charge in [-0.2, -0.15) is 0 Å². The summed E-state index contributed by atoms with van der Waals surface area (Å²) in [5.41, 5.74) is 6.80. The van der Waals surface area contributed by atoms with Crippen molar-refractivity contribution in [1.29, 1.82) is 5.41 Å². The Morgan fingerprint density at radius 1 is 1.37 bits per heavy atom. The molecule has 19 heavy (non-hydrogen) atoms. The summed E-state index contributed by atoms with van der Waals surface area (Å²) in [7, 11) is 0. The second kappa shape index (κ2) is 6.15. The molecule has 0 aromatic heterocycles. The number of nitrogens with zero attached hydrogens (tertiary/aromatic N) is 1. The number of nitrogens with one attached hydrogen (secondary N) is 1. The standard InChI is InChI=1S/C15H22FN3/c1-11-3-2-5-19(6-4-11)10-12-7-13(15(17)18)9-14(16)8-12/h7-9,11H,2-6,10H2,1H3,(H3,17,18). The van der Waals surface area contributed by atoms with Crippen LogP contribution in [-0.4, -0.2) is 23.8 Å². The zero-order valence-corrected chi connectivity index (χ0v) is 11.5. The van der Waals surface area contributed by atoms with Crippen molar-refractivity contribution in [3.63, 3.8) is 0 Å². The second-order valence-corrected chi connectivity index (χ2v) is 5.57. The summed E-state index contributed by atoms with van der Waals surface area (Å²) in [4.78, 5) is 2.36. The summed E-state index contributed by atoms with van der Waals surface area (Å²) in [6.45, 7) is 5.16. The molecule has 104 valence electrons. The van der Waals surface area contributed by atoms with Crippen LogP contribution in [0.5, 0.6) is 0 Å². The molecule has 0 saturated carbocycles. The summed E-state index contributed by atoms with van der Waals surface area (Å²) in [6, 6.07) is 4.68. The fourth-order valence-electron chi connectivity index (χ4n) is 2.64. The molecule has 1 fully saturated rings. The lowest BCUT2D eigenvalue weighted by Crippen LogP contribution is -2.24. The monoisotopic (exact) mass is 263 g/mol. The molecule has 0 spiro atoms. The summed E-state index contributed by atoms with van der Waals surface area (Å²) in [6.07, 6.45) is 3.68. The van der Waals surface area contributed by atoms with E-state index in [-0.39, 0.29) is 11.7 Å². The van der Waals surface area contributed by atoms with Gasteiger partial charge in [0.15, 0.2) is 0 Å². The number of halogens is 1. The van der Waals surface area contributed by atoms with Crippen LogP contribution < -0.4 is 5.73 Å². The van der Waals surface area contributed by atoms with E-state index in [0.29, 0.717) is 5.56 Å². The Morgan fingerprint density at radius 2 is 2.16 bits per heavy atom. The van der Waals surface area contributed by atoms with Gasteiger partial charge in [-0.25, -0.2) is 4.39 Å². The van der Waals surface area contributed by atoms with E-state index in [4.69, 9.17) is 11.1 Å². The molecule has 1 aliphatic heterocycles. The van der Waals surface area contributed by atoms with Crippen LogP contribution in [0.25, 0.3) is 0 Å². The molecular formula is C15H22FN3. The fourth-order valence-corrected chi connectivity index (χ4v) is 2.64. The average molecular weight is 263 g/mol. The lowest BCUT2D eigenvalue weighted by molar-refractivity contribution is 0.273. The van der Waals surface area contributed by atoms with Crippen LogP contribution in [0.1, 0.15) is 37.3 Å². The molecule has 0 radical (unpaired) electrons. The Bertz CT molecular complexity index is 459. The minimum absolute atomic E-state index is 0.0785. The van der Waals surface area contributed by atoms with Gasteiger partial charge in [-0.05, 0) is 62.0 Å². The third kappa shape index (κ3) is 4.03. The molecule has 4 heteroatoms. The predicted molar refractivity (Wildman–Crippen MR) is 75.7 cm³/mol. The number of hydrogen-bond donors (Lipinski definition) is 2. The van der Waals surface area contributed by atoms with Crippen LogP contribution in [-0.2, 0) is 6.54 Å². The highest BCUT2D eigenvalue weighted by molar-refractivity contribution is 5.95. The van der Waals surface area contributed by atoms with Crippen molar-refractivity contribution in [3.05, 3.63) is 35.1 Å². The Morgan fingerprint density at radius 3 is 2.89 bits per heavy atom. The lowest BCUT2D eigenvalue weighted by Gasteiger charge is -2.20. The first-order chi connectivity index (χ1) is 9.04. The van der Waals surface area contributed by atoms with E-state index in [1.165, 1.54) is 25.3 Å². The Labute approximate surface area is 114 Å². The molecule has 0 aliphatic carbocycles. The van der Waals surface area contributed by atoms with E-state index in [0.717, 1.165) is 31.1 Å². The maximum atomic E-state index is 13.5. The molecule has 1 aliphatic rings. The first kappa shape index (κ1) is 14.0. The van der Waals surface area contributed by atoms with E-state index >= 15 is 0 Å². The van der Waals surface area contributed by atoms with Crippen LogP contribution in [0.2, 0.25) is 0 Å². The Kier molecular flexibility index (Phi) is 4.53. The van der Waals surface area contributed by atoms with Gasteiger partial charge in [-0.3, -0.25) is 10.3 Å². The highest BCUT2D eigenvalue weighted by Gasteiger charge is 2.14. The van der Waals surface area contributed by atoms with Gasteiger partial charge in [0.05, 0.1) is 0 Å². The number of nitrogen functional groups attached to an aromatic ring is 1. The molecule has 1 saturated heterocycles. The van der Waals surface area contributed by atoms with Crippen molar-refractivity contribution in [2.24, 2.45) is 11.7 Å². The third-order valence-corrected chi connectivity index (χ3v) is 3.78. The van der Waals surface area contributed by atoms with Gasteiger partial charge in [0.25, 0.3) is 0 Å². The number of hydrogen-bond acceptors (Lipinski definition) is 2. The largest absolute Gasteiger partial charge is 0.384 e. The minimum Gasteiger partial charge on any atom is -0.384 e. The number of rotatable bonds is 3. The fraction of sp³-hybridized carbons (Fsp3) is 0.533. The van der Waals surface area contributed by atoms with Crippen LogP contribution in [0.3, 0.4) is 0 Å². The number of nitrogens with two attached hydrogens (primary N) is 1. The quantitative estimate of drug-likeness (QED) is 0.651. The van der Waals surface area contributed by atoms with Crippen LogP contribution in [0.4, 0.5) is 4.39 Å². The molecule has 3 N–H and O–H groups in total. The highest BCUT2D eigenvalue weighted by Crippen LogP contribution is 2.19. The van der Waals surface area contributed by atoms with Gasteiger partial charge in [-0.1, -0.05) is 6.92 Å². The Balaban J connectivity index is 2.07. The summed E-state index contributed by atoms with van der Waals surface area (Å²) >= 11 is 0. The van der Waals surface area contributed by atoms with Gasteiger partial charge in [0.1, 0.15) is 11.7 Å². The number of likely N-dealkylation sites (tertiary alicyclic amines) is 1. The van der Waals surface area contributed by atoms with Gasteiger partial charge in [-0.15, -0.1) is 0 Å². The molecule has 2 rings (SSSR count). The number of amidine groups is 1. The van der Waals surface area contributed by atoms with Gasteiger partial charge in [0.2, 0.25) is 0 Å². The molecule has 1 atom stereocenters. The third-order valence-electron chi connectivity index (χ3n) is 3.78. The SMILES string of the molecule is CC1CCCN(Cc2cc(F)cc(C(=N)N)c2)CC1. The zero-order chi connectivity index (χ0) is 13.8.